The standard InChI is InChI=1S/C21H20N2O4/c1-3-15-9-7-8-12-17(15)22-18(24)13-26-21(25)19-14(2)27-23-20(19)16-10-5-4-6-11-16/h4-12H,3,13H2,1-2H3,(H,22,24). The van der Waals surface area contributed by atoms with Gasteiger partial charge in [0.05, 0.1) is 0 Å². The first kappa shape index (κ1) is 18.4. The van der Waals surface area contributed by atoms with Gasteiger partial charge in [0.25, 0.3) is 5.91 Å². The zero-order valence-electron chi connectivity index (χ0n) is 15.2. The molecule has 1 amide bonds. The van der Waals surface area contributed by atoms with Crippen molar-refractivity contribution >= 4 is 17.6 Å². The minimum Gasteiger partial charge on any atom is -0.452 e. The first-order chi connectivity index (χ1) is 13.1. The Morgan fingerprint density at radius 2 is 1.78 bits per heavy atom. The lowest BCUT2D eigenvalue weighted by molar-refractivity contribution is -0.119. The molecule has 0 bridgehead atoms. The van der Waals surface area contributed by atoms with Gasteiger partial charge in [-0.2, -0.15) is 0 Å². The minimum atomic E-state index is -0.647. The molecule has 27 heavy (non-hydrogen) atoms. The second-order valence-corrected chi connectivity index (χ2v) is 5.96. The molecule has 3 aromatic rings. The molecule has 1 heterocycles. The summed E-state index contributed by atoms with van der Waals surface area (Å²) in [5.74, 6) is -0.707. The van der Waals surface area contributed by atoms with Crippen LogP contribution in [-0.4, -0.2) is 23.6 Å². The van der Waals surface area contributed by atoms with Crippen LogP contribution in [0.4, 0.5) is 5.69 Å². The summed E-state index contributed by atoms with van der Waals surface area (Å²) in [6.45, 7) is 3.24. The van der Waals surface area contributed by atoms with Gasteiger partial charge in [-0.1, -0.05) is 60.6 Å². The van der Waals surface area contributed by atoms with E-state index < -0.39 is 18.5 Å². The third kappa shape index (κ3) is 4.23. The highest BCUT2D eigenvalue weighted by Gasteiger charge is 2.23. The zero-order valence-corrected chi connectivity index (χ0v) is 15.2. The fraction of sp³-hybridized carbons (Fsp3) is 0.190. The summed E-state index contributed by atoms with van der Waals surface area (Å²) in [4.78, 5) is 24.7. The van der Waals surface area contributed by atoms with Gasteiger partial charge in [0.15, 0.2) is 6.61 Å². The number of amides is 1. The van der Waals surface area contributed by atoms with Gasteiger partial charge >= 0.3 is 5.97 Å². The van der Waals surface area contributed by atoms with E-state index in [4.69, 9.17) is 9.26 Å². The van der Waals surface area contributed by atoms with Crippen LogP contribution in [0.25, 0.3) is 11.3 Å². The van der Waals surface area contributed by atoms with Crippen LogP contribution in [0.5, 0.6) is 0 Å². The van der Waals surface area contributed by atoms with Crippen LogP contribution in [0.2, 0.25) is 0 Å². The highest BCUT2D eigenvalue weighted by atomic mass is 16.5. The van der Waals surface area contributed by atoms with Gasteiger partial charge < -0.3 is 14.6 Å². The van der Waals surface area contributed by atoms with E-state index >= 15 is 0 Å². The molecule has 0 aliphatic heterocycles. The molecule has 3 rings (SSSR count). The largest absolute Gasteiger partial charge is 0.452 e. The molecule has 2 aromatic carbocycles. The number of anilines is 1. The number of carbonyl (C=O) groups is 2. The molecular formula is C21H20N2O4. The van der Waals surface area contributed by atoms with Crippen molar-refractivity contribution in [2.24, 2.45) is 0 Å². The number of hydrogen-bond donors (Lipinski definition) is 1. The van der Waals surface area contributed by atoms with Gasteiger partial charge in [-0.05, 0) is 25.0 Å². The predicted octanol–water partition coefficient (Wildman–Crippen LogP) is 4.01. The van der Waals surface area contributed by atoms with Crippen LogP contribution in [0.15, 0.2) is 59.1 Å². The van der Waals surface area contributed by atoms with Crippen molar-refractivity contribution in [2.45, 2.75) is 20.3 Å². The molecule has 1 aromatic heterocycles. The van der Waals surface area contributed by atoms with E-state index in [1.807, 2.05) is 61.5 Å². The number of nitrogens with zero attached hydrogens (tertiary/aromatic N) is 1. The Balaban J connectivity index is 1.68. The molecule has 0 unspecified atom stereocenters. The molecule has 0 aliphatic carbocycles. The maximum atomic E-state index is 12.5. The second kappa shape index (κ2) is 8.31. The lowest BCUT2D eigenvalue weighted by Gasteiger charge is -2.10. The van der Waals surface area contributed by atoms with E-state index in [2.05, 4.69) is 10.5 Å². The maximum Gasteiger partial charge on any atom is 0.344 e. The fourth-order valence-corrected chi connectivity index (χ4v) is 2.75. The van der Waals surface area contributed by atoms with Gasteiger partial charge in [0.1, 0.15) is 17.0 Å². The molecule has 0 aliphatic rings. The quantitative estimate of drug-likeness (QED) is 0.669. The number of aromatic nitrogens is 1. The third-order valence-electron chi connectivity index (χ3n) is 4.12. The van der Waals surface area contributed by atoms with Crippen LogP contribution in [0, 0.1) is 6.92 Å². The number of ether oxygens (including phenoxy) is 1. The van der Waals surface area contributed by atoms with Crippen molar-refractivity contribution in [3.05, 3.63) is 71.5 Å². The van der Waals surface area contributed by atoms with Crippen LogP contribution in [0.3, 0.4) is 0 Å². The average molecular weight is 364 g/mol. The number of hydrogen-bond acceptors (Lipinski definition) is 5. The van der Waals surface area contributed by atoms with Crippen molar-refractivity contribution in [2.75, 3.05) is 11.9 Å². The first-order valence-electron chi connectivity index (χ1n) is 8.66. The highest BCUT2D eigenvalue weighted by molar-refractivity contribution is 5.99. The molecule has 0 saturated heterocycles. The summed E-state index contributed by atoms with van der Waals surface area (Å²) in [5, 5.41) is 6.72. The van der Waals surface area contributed by atoms with Gasteiger partial charge in [0.2, 0.25) is 0 Å². The van der Waals surface area contributed by atoms with Gasteiger partial charge in [0, 0.05) is 11.3 Å². The lowest BCUT2D eigenvalue weighted by atomic mass is 10.1. The summed E-state index contributed by atoms with van der Waals surface area (Å²) >= 11 is 0. The van der Waals surface area contributed by atoms with Crippen molar-refractivity contribution in [1.82, 2.24) is 5.16 Å². The Morgan fingerprint density at radius 1 is 1.07 bits per heavy atom. The topological polar surface area (TPSA) is 81.4 Å². The summed E-state index contributed by atoms with van der Waals surface area (Å²) in [6, 6.07) is 16.7. The van der Waals surface area contributed by atoms with Crippen molar-refractivity contribution < 1.29 is 18.8 Å². The molecule has 0 spiro atoms. The fourth-order valence-electron chi connectivity index (χ4n) is 2.75. The minimum absolute atomic E-state index is 0.225. The molecule has 0 fully saturated rings. The SMILES string of the molecule is CCc1ccccc1NC(=O)COC(=O)c1c(-c2ccccc2)noc1C. The van der Waals surface area contributed by atoms with Crippen LogP contribution >= 0.6 is 0 Å². The Hall–Kier alpha value is -3.41. The summed E-state index contributed by atoms with van der Waals surface area (Å²) < 4.78 is 10.3. The number of rotatable bonds is 6. The lowest BCUT2D eigenvalue weighted by Crippen LogP contribution is -2.21. The van der Waals surface area contributed by atoms with E-state index in [0.717, 1.165) is 17.5 Å². The molecule has 6 heteroatoms. The van der Waals surface area contributed by atoms with Crippen molar-refractivity contribution in [3.8, 4) is 11.3 Å². The van der Waals surface area contributed by atoms with Crippen molar-refractivity contribution in [1.29, 1.82) is 0 Å². The Labute approximate surface area is 157 Å². The molecule has 138 valence electrons. The number of esters is 1. The summed E-state index contributed by atoms with van der Waals surface area (Å²) in [5.41, 5.74) is 3.09. The smallest absolute Gasteiger partial charge is 0.344 e. The zero-order chi connectivity index (χ0) is 19.2. The molecule has 6 nitrogen and oxygen atoms in total. The van der Waals surface area contributed by atoms with Crippen molar-refractivity contribution in [3.63, 3.8) is 0 Å². The Kier molecular flexibility index (Phi) is 5.66. The Bertz CT molecular complexity index is 948. The number of benzene rings is 2. The van der Waals surface area contributed by atoms with Crippen LogP contribution in [0.1, 0.15) is 28.6 Å². The van der Waals surface area contributed by atoms with Crippen LogP contribution in [-0.2, 0) is 16.0 Å². The monoisotopic (exact) mass is 364 g/mol. The first-order valence-corrected chi connectivity index (χ1v) is 8.66. The highest BCUT2D eigenvalue weighted by Crippen LogP contribution is 2.25. The molecule has 0 radical (unpaired) electrons. The number of aryl methyl sites for hydroxylation is 2. The summed E-state index contributed by atoms with van der Waals surface area (Å²) in [6.07, 6.45) is 0.788. The van der Waals surface area contributed by atoms with E-state index in [0.29, 0.717) is 17.1 Å². The molecule has 0 atom stereocenters. The van der Waals surface area contributed by atoms with Gasteiger partial charge in [-0.25, -0.2) is 4.79 Å². The second-order valence-electron chi connectivity index (χ2n) is 5.96. The Morgan fingerprint density at radius 3 is 2.52 bits per heavy atom. The van der Waals surface area contributed by atoms with E-state index in [-0.39, 0.29) is 5.56 Å². The van der Waals surface area contributed by atoms with E-state index in [9.17, 15) is 9.59 Å². The van der Waals surface area contributed by atoms with Crippen LogP contribution < -0.4 is 5.32 Å². The molecule has 1 N–H and O–H groups in total. The number of para-hydroxylation sites is 1. The maximum absolute atomic E-state index is 12.5. The molecular weight excluding hydrogens is 344 g/mol. The number of nitrogens with one attached hydrogen (secondary N) is 1. The van der Waals surface area contributed by atoms with E-state index in [1.165, 1.54) is 0 Å². The average Bonchev–Trinajstić information content (AvgIpc) is 3.09. The van der Waals surface area contributed by atoms with Gasteiger partial charge in [-0.15, -0.1) is 0 Å². The number of carbonyl (C=O) groups excluding carboxylic acids is 2. The normalized spacial score (nSPS) is 10.4. The van der Waals surface area contributed by atoms with E-state index in [1.54, 1.807) is 6.92 Å². The predicted molar refractivity (Wildman–Crippen MR) is 101 cm³/mol. The van der Waals surface area contributed by atoms with Gasteiger partial charge in [-0.3, -0.25) is 4.79 Å². The third-order valence-corrected chi connectivity index (χ3v) is 4.12. The molecule has 0 saturated carbocycles. The summed E-state index contributed by atoms with van der Waals surface area (Å²) in [7, 11) is 0.